The summed E-state index contributed by atoms with van der Waals surface area (Å²) in [5.74, 6) is 4.07. The highest BCUT2D eigenvalue weighted by atomic mass is 16.5. The van der Waals surface area contributed by atoms with E-state index in [4.69, 9.17) is 4.52 Å². The highest BCUT2D eigenvalue weighted by Gasteiger charge is 2.48. The van der Waals surface area contributed by atoms with Gasteiger partial charge in [0.15, 0.2) is 5.82 Å². The van der Waals surface area contributed by atoms with E-state index in [0.717, 1.165) is 63.1 Å². The number of hydrogen-bond donors (Lipinski definition) is 0. The lowest BCUT2D eigenvalue weighted by Gasteiger charge is -2.51. The van der Waals surface area contributed by atoms with Crippen molar-refractivity contribution >= 4 is 5.91 Å². The summed E-state index contributed by atoms with van der Waals surface area (Å²) in [6.45, 7) is 13.4. The summed E-state index contributed by atoms with van der Waals surface area (Å²) in [5, 5.41) is 4.10. The van der Waals surface area contributed by atoms with Crippen molar-refractivity contribution in [1.82, 2.24) is 19.9 Å². The van der Waals surface area contributed by atoms with Crippen LogP contribution in [0.5, 0.6) is 0 Å². The lowest BCUT2D eigenvalue weighted by molar-refractivity contribution is -0.149. The van der Waals surface area contributed by atoms with Crippen LogP contribution in [0.1, 0.15) is 76.9 Å². The van der Waals surface area contributed by atoms with Crippen molar-refractivity contribution in [3.05, 3.63) is 23.4 Å². The van der Waals surface area contributed by atoms with Gasteiger partial charge in [-0.25, -0.2) is 0 Å². The maximum Gasteiger partial charge on any atom is 0.229 e. The fourth-order valence-electron chi connectivity index (χ4n) is 5.14. The molecule has 0 unspecified atom stereocenters. The molecule has 3 heterocycles. The van der Waals surface area contributed by atoms with Crippen LogP contribution in [0.4, 0.5) is 0 Å². The first kappa shape index (κ1) is 20.6. The summed E-state index contributed by atoms with van der Waals surface area (Å²) in [6, 6.07) is 0. The minimum absolute atomic E-state index is 0.238. The number of piperidine rings is 2. The third-order valence-corrected chi connectivity index (χ3v) is 7.17. The normalized spacial score (nSPS) is 28.2. The van der Waals surface area contributed by atoms with Crippen LogP contribution in [0.3, 0.4) is 0 Å². The third kappa shape index (κ3) is 4.42. The minimum Gasteiger partial charge on any atom is -0.342 e. The highest BCUT2D eigenvalue weighted by molar-refractivity contribution is 5.80. The molecular weight excluding hydrogens is 364 g/mol. The number of allylic oxidation sites excluding steroid dienone is 1. The van der Waals surface area contributed by atoms with Gasteiger partial charge in [-0.05, 0) is 57.9 Å². The number of fused-ring (bicyclic) bond motifs is 1. The molecule has 29 heavy (non-hydrogen) atoms. The quantitative estimate of drug-likeness (QED) is 0.703. The molecule has 0 bridgehead atoms. The molecule has 1 saturated carbocycles. The second-order valence-electron chi connectivity index (χ2n) is 9.84. The Morgan fingerprint density at radius 1 is 1.21 bits per heavy atom. The van der Waals surface area contributed by atoms with Crippen molar-refractivity contribution in [3.63, 3.8) is 0 Å². The number of carbonyl (C=O) groups is 1. The van der Waals surface area contributed by atoms with Gasteiger partial charge in [0.05, 0.1) is 0 Å². The first-order valence-corrected chi connectivity index (χ1v) is 11.4. The van der Waals surface area contributed by atoms with E-state index in [-0.39, 0.29) is 11.8 Å². The van der Waals surface area contributed by atoms with Crippen molar-refractivity contribution in [2.45, 2.75) is 65.2 Å². The summed E-state index contributed by atoms with van der Waals surface area (Å²) >= 11 is 0. The smallest absolute Gasteiger partial charge is 0.229 e. The molecule has 2 aliphatic heterocycles. The first-order valence-electron chi connectivity index (χ1n) is 11.4. The van der Waals surface area contributed by atoms with Gasteiger partial charge >= 0.3 is 0 Å². The lowest BCUT2D eigenvalue weighted by Crippen LogP contribution is -2.56. The predicted molar refractivity (Wildman–Crippen MR) is 113 cm³/mol. The van der Waals surface area contributed by atoms with E-state index in [1.165, 1.54) is 18.5 Å². The maximum absolute atomic E-state index is 13.2. The van der Waals surface area contributed by atoms with Crippen LogP contribution in [0.2, 0.25) is 0 Å². The number of likely N-dealkylation sites (tertiary alicyclic amines) is 2. The SMILES string of the molecule is CC(C)=CCN1CC[C@@H]2C[C@@H](C(=O)N3CCC(c4nc(C(C)C)no4)CC3)[C@@H]2C1. The Bertz CT molecular complexity index is 744. The van der Waals surface area contributed by atoms with Gasteiger partial charge < -0.3 is 9.42 Å². The van der Waals surface area contributed by atoms with Gasteiger partial charge in [-0.2, -0.15) is 4.98 Å². The molecule has 3 aliphatic rings. The third-order valence-electron chi connectivity index (χ3n) is 7.17. The van der Waals surface area contributed by atoms with Crippen LogP contribution >= 0.6 is 0 Å². The molecular formula is C23H36N4O2. The predicted octanol–water partition coefficient (Wildman–Crippen LogP) is 3.82. The molecule has 1 aromatic heterocycles. The summed E-state index contributed by atoms with van der Waals surface area (Å²) in [4.78, 5) is 22.4. The number of amides is 1. The second-order valence-corrected chi connectivity index (χ2v) is 9.84. The summed E-state index contributed by atoms with van der Waals surface area (Å²) in [6.07, 6.45) is 6.52. The van der Waals surface area contributed by atoms with Crippen molar-refractivity contribution in [2.24, 2.45) is 17.8 Å². The van der Waals surface area contributed by atoms with Crippen LogP contribution in [0.15, 0.2) is 16.2 Å². The van der Waals surface area contributed by atoms with Crippen LogP contribution in [0.25, 0.3) is 0 Å². The van der Waals surface area contributed by atoms with Crippen LogP contribution in [0, 0.1) is 17.8 Å². The summed E-state index contributed by atoms with van der Waals surface area (Å²) in [5.41, 5.74) is 1.37. The first-order chi connectivity index (χ1) is 13.9. The van der Waals surface area contributed by atoms with Crippen LogP contribution in [-0.4, -0.2) is 58.6 Å². The van der Waals surface area contributed by atoms with Crippen molar-refractivity contribution in [3.8, 4) is 0 Å². The van der Waals surface area contributed by atoms with Gasteiger partial charge in [-0.15, -0.1) is 0 Å². The van der Waals surface area contributed by atoms with Gasteiger partial charge in [-0.3, -0.25) is 9.69 Å². The van der Waals surface area contributed by atoms with Gasteiger partial charge in [0, 0.05) is 43.9 Å². The van der Waals surface area contributed by atoms with E-state index >= 15 is 0 Å². The molecule has 1 amide bonds. The van der Waals surface area contributed by atoms with E-state index in [0.29, 0.717) is 17.7 Å². The Morgan fingerprint density at radius 2 is 1.97 bits per heavy atom. The van der Waals surface area contributed by atoms with E-state index < -0.39 is 0 Å². The molecule has 6 heteroatoms. The molecule has 3 atom stereocenters. The summed E-state index contributed by atoms with van der Waals surface area (Å²) < 4.78 is 5.49. The second kappa shape index (κ2) is 8.58. The number of hydrogen-bond acceptors (Lipinski definition) is 5. The zero-order valence-corrected chi connectivity index (χ0v) is 18.4. The van der Waals surface area contributed by atoms with Crippen molar-refractivity contribution < 1.29 is 9.32 Å². The van der Waals surface area contributed by atoms with Crippen LogP contribution < -0.4 is 0 Å². The Morgan fingerprint density at radius 3 is 2.62 bits per heavy atom. The lowest BCUT2D eigenvalue weighted by atomic mass is 9.61. The average molecular weight is 401 g/mol. The molecule has 1 aromatic rings. The standard InChI is InChI=1S/C23H36N4O2/c1-15(2)5-9-26-10-6-18-13-19(20(18)14-26)23(28)27-11-7-17(8-12-27)22-24-21(16(3)4)25-29-22/h5,16-20H,6-14H2,1-4H3/t18-,19-,20-/m1/s1. The Balaban J connectivity index is 1.29. The van der Waals surface area contributed by atoms with Crippen LogP contribution in [-0.2, 0) is 4.79 Å². The number of aromatic nitrogens is 2. The van der Waals surface area contributed by atoms with E-state index in [1.54, 1.807) is 0 Å². The fraction of sp³-hybridized carbons (Fsp3) is 0.783. The molecule has 0 spiro atoms. The minimum atomic E-state index is 0.238. The average Bonchev–Trinajstić information content (AvgIpc) is 3.18. The fourth-order valence-corrected chi connectivity index (χ4v) is 5.14. The van der Waals surface area contributed by atoms with Gasteiger partial charge in [0.2, 0.25) is 11.8 Å². The molecule has 0 N–H and O–H groups in total. The Kier molecular flexibility index (Phi) is 6.09. The van der Waals surface area contributed by atoms with Gasteiger partial charge in [0.25, 0.3) is 0 Å². The van der Waals surface area contributed by atoms with Gasteiger partial charge in [-0.1, -0.05) is 30.7 Å². The van der Waals surface area contributed by atoms with E-state index in [1.807, 2.05) is 0 Å². The van der Waals surface area contributed by atoms with Crippen molar-refractivity contribution in [2.75, 3.05) is 32.7 Å². The van der Waals surface area contributed by atoms with E-state index in [2.05, 4.69) is 53.7 Å². The maximum atomic E-state index is 13.2. The van der Waals surface area contributed by atoms with Crippen molar-refractivity contribution in [1.29, 1.82) is 0 Å². The molecule has 1 aliphatic carbocycles. The zero-order valence-electron chi connectivity index (χ0n) is 18.4. The van der Waals surface area contributed by atoms with Gasteiger partial charge in [0.1, 0.15) is 0 Å². The molecule has 2 saturated heterocycles. The molecule has 160 valence electrons. The number of nitrogens with zero attached hydrogens (tertiary/aromatic N) is 4. The van der Waals surface area contributed by atoms with E-state index in [9.17, 15) is 4.79 Å². The molecule has 4 rings (SSSR count). The number of carbonyl (C=O) groups excluding carboxylic acids is 1. The Labute approximate surface area is 174 Å². The highest BCUT2D eigenvalue weighted by Crippen LogP contribution is 2.46. The molecule has 0 aromatic carbocycles. The monoisotopic (exact) mass is 400 g/mol. The zero-order chi connectivity index (χ0) is 20.5. The topological polar surface area (TPSA) is 62.5 Å². The number of rotatable bonds is 5. The molecule has 0 radical (unpaired) electrons. The molecule has 3 fully saturated rings. The molecule has 6 nitrogen and oxygen atoms in total. The largest absolute Gasteiger partial charge is 0.342 e. The Hall–Kier alpha value is -1.69. The summed E-state index contributed by atoms with van der Waals surface area (Å²) in [7, 11) is 0.